The van der Waals surface area contributed by atoms with Crippen LogP contribution in [0.25, 0.3) is 0 Å². The molecular weight excluding hydrogens is 276 g/mol. The quantitative estimate of drug-likeness (QED) is 0.392. The standard InChI is InChI=1S/C19H36O3/c1-3-5-7-8-9-10-12-13-16(20)19-15-17(21)18(22-19)14-11-6-4-2/h3,16-21H,1,4-15H2,2H3/t16-,17+,18+,19+/m1/s1. The molecule has 1 rings (SSSR count). The van der Waals surface area contributed by atoms with E-state index in [-0.39, 0.29) is 12.2 Å². The maximum atomic E-state index is 10.2. The van der Waals surface area contributed by atoms with Crippen LogP contribution in [-0.4, -0.2) is 34.6 Å². The fourth-order valence-electron chi connectivity index (χ4n) is 3.22. The third-order valence-corrected chi connectivity index (χ3v) is 4.68. The summed E-state index contributed by atoms with van der Waals surface area (Å²) in [4.78, 5) is 0. The maximum absolute atomic E-state index is 10.2. The van der Waals surface area contributed by atoms with Crippen LogP contribution in [-0.2, 0) is 4.74 Å². The molecule has 0 aromatic heterocycles. The number of aliphatic hydroxyl groups is 2. The van der Waals surface area contributed by atoms with Crippen LogP contribution in [0.1, 0.15) is 84.0 Å². The van der Waals surface area contributed by atoms with E-state index in [1.807, 2.05) is 6.08 Å². The van der Waals surface area contributed by atoms with E-state index in [9.17, 15) is 10.2 Å². The molecule has 3 heteroatoms. The predicted octanol–water partition coefficient (Wildman–Crippen LogP) is 4.36. The first-order valence-electron chi connectivity index (χ1n) is 9.31. The molecule has 0 radical (unpaired) electrons. The second-order valence-corrected chi connectivity index (χ2v) is 6.71. The second kappa shape index (κ2) is 12.1. The van der Waals surface area contributed by atoms with Gasteiger partial charge < -0.3 is 14.9 Å². The Hall–Kier alpha value is -0.380. The van der Waals surface area contributed by atoms with Crippen molar-refractivity contribution < 1.29 is 14.9 Å². The first kappa shape index (κ1) is 19.7. The van der Waals surface area contributed by atoms with Crippen molar-refractivity contribution in [1.82, 2.24) is 0 Å². The Balaban J connectivity index is 2.10. The summed E-state index contributed by atoms with van der Waals surface area (Å²) in [5, 5.41) is 20.3. The van der Waals surface area contributed by atoms with Gasteiger partial charge in [0, 0.05) is 6.42 Å². The van der Waals surface area contributed by atoms with E-state index in [1.54, 1.807) is 0 Å². The van der Waals surface area contributed by atoms with E-state index in [0.29, 0.717) is 6.42 Å². The Morgan fingerprint density at radius 1 is 1.14 bits per heavy atom. The minimum Gasteiger partial charge on any atom is -0.390 e. The van der Waals surface area contributed by atoms with Gasteiger partial charge in [0.1, 0.15) is 0 Å². The lowest BCUT2D eigenvalue weighted by atomic mass is 10.0. The van der Waals surface area contributed by atoms with Crippen LogP contribution in [0.4, 0.5) is 0 Å². The maximum Gasteiger partial charge on any atom is 0.0864 e. The molecule has 0 aliphatic carbocycles. The van der Waals surface area contributed by atoms with Crippen molar-refractivity contribution >= 4 is 0 Å². The fourth-order valence-corrected chi connectivity index (χ4v) is 3.22. The fraction of sp³-hybridized carbons (Fsp3) is 0.895. The van der Waals surface area contributed by atoms with E-state index in [4.69, 9.17) is 4.74 Å². The molecule has 0 aromatic carbocycles. The molecular formula is C19H36O3. The molecule has 3 nitrogen and oxygen atoms in total. The van der Waals surface area contributed by atoms with Gasteiger partial charge in [0.2, 0.25) is 0 Å². The van der Waals surface area contributed by atoms with Crippen molar-refractivity contribution in [2.45, 2.75) is 108 Å². The van der Waals surface area contributed by atoms with Crippen LogP contribution in [0.2, 0.25) is 0 Å². The minimum absolute atomic E-state index is 0.0647. The molecule has 0 bridgehead atoms. The zero-order valence-corrected chi connectivity index (χ0v) is 14.4. The Morgan fingerprint density at radius 3 is 2.59 bits per heavy atom. The average molecular weight is 312 g/mol. The zero-order chi connectivity index (χ0) is 16.2. The van der Waals surface area contributed by atoms with E-state index in [0.717, 1.165) is 32.1 Å². The van der Waals surface area contributed by atoms with Gasteiger partial charge in [-0.3, -0.25) is 0 Å². The van der Waals surface area contributed by atoms with Crippen molar-refractivity contribution in [3.05, 3.63) is 12.7 Å². The third-order valence-electron chi connectivity index (χ3n) is 4.68. The van der Waals surface area contributed by atoms with Crippen molar-refractivity contribution in [1.29, 1.82) is 0 Å². The van der Waals surface area contributed by atoms with Gasteiger partial charge in [0.15, 0.2) is 0 Å². The number of unbranched alkanes of at least 4 members (excludes halogenated alkanes) is 7. The minimum atomic E-state index is -0.418. The van der Waals surface area contributed by atoms with E-state index in [1.165, 1.54) is 38.5 Å². The molecule has 1 heterocycles. The summed E-state index contributed by atoms with van der Waals surface area (Å²) in [6, 6.07) is 0. The van der Waals surface area contributed by atoms with Crippen molar-refractivity contribution in [2.75, 3.05) is 0 Å². The summed E-state index contributed by atoms with van der Waals surface area (Å²) in [6.07, 6.45) is 13.7. The molecule has 0 spiro atoms. The van der Waals surface area contributed by atoms with Crippen LogP contribution in [0.15, 0.2) is 12.7 Å². The highest BCUT2D eigenvalue weighted by Crippen LogP contribution is 2.28. The number of hydrogen-bond donors (Lipinski definition) is 2. The summed E-state index contributed by atoms with van der Waals surface area (Å²) < 4.78 is 5.88. The van der Waals surface area contributed by atoms with Crippen molar-refractivity contribution in [3.8, 4) is 0 Å². The number of aliphatic hydroxyl groups excluding tert-OH is 2. The van der Waals surface area contributed by atoms with Gasteiger partial charge in [0.05, 0.1) is 24.4 Å². The van der Waals surface area contributed by atoms with Gasteiger partial charge in [-0.1, -0.05) is 57.9 Å². The van der Waals surface area contributed by atoms with Gasteiger partial charge in [-0.25, -0.2) is 0 Å². The highest BCUT2D eigenvalue weighted by atomic mass is 16.5. The highest BCUT2D eigenvalue weighted by Gasteiger charge is 2.36. The normalized spacial score (nSPS) is 26.2. The molecule has 130 valence electrons. The Labute approximate surface area is 136 Å². The van der Waals surface area contributed by atoms with E-state index < -0.39 is 12.2 Å². The summed E-state index contributed by atoms with van der Waals surface area (Å²) in [5.41, 5.74) is 0. The molecule has 1 fully saturated rings. The lowest BCUT2D eigenvalue weighted by Gasteiger charge is -2.19. The molecule has 22 heavy (non-hydrogen) atoms. The van der Waals surface area contributed by atoms with Crippen LogP contribution in [0, 0.1) is 0 Å². The number of hydrogen-bond acceptors (Lipinski definition) is 3. The van der Waals surface area contributed by atoms with Crippen LogP contribution >= 0.6 is 0 Å². The first-order chi connectivity index (χ1) is 10.7. The van der Waals surface area contributed by atoms with Crippen LogP contribution < -0.4 is 0 Å². The van der Waals surface area contributed by atoms with Crippen LogP contribution in [0.3, 0.4) is 0 Å². The van der Waals surface area contributed by atoms with Gasteiger partial charge in [-0.05, 0) is 25.7 Å². The van der Waals surface area contributed by atoms with Gasteiger partial charge in [0.25, 0.3) is 0 Å². The zero-order valence-electron chi connectivity index (χ0n) is 14.4. The monoisotopic (exact) mass is 312 g/mol. The molecule has 0 saturated carbocycles. The molecule has 4 atom stereocenters. The predicted molar refractivity (Wildman–Crippen MR) is 91.9 cm³/mol. The summed E-state index contributed by atoms with van der Waals surface area (Å²) >= 11 is 0. The molecule has 1 aliphatic rings. The molecule has 0 aromatic rings. The van der Waals surface area contributed by atoms with Crippen molar-refractivity contribution in [2.24, 2.45) is 0 Å². The van der Waals surface area contributed by atoms with Gasteiger partial charge in [-0.15, -0.1) is 6.58 Å². The number of rotatable bonds is 13. The van der Waals surface area contributed by atoms with Crippen LogP contribution in [0.5, 0.6) is 0 Å². The molecule has 0 amide bonds. The summed E-state index contributed by atoms with van der Waals surface area (Å²) in [5.74, 6) is 0. The molecule has 1 aliphatic heterocycles. The van der Waals surface area contributed by atoms with Crippen molar-refractivity contribution in [3.63, 3.8) is 0 Å². The van der Waals surface area contributed by atoms with E-state index in [2.05, 4.69) is 13.5 Å². The van der Waals surface area contributed by atoms with E-state index >= 15 is 0 Å². The molecule has 0 unspecified atom stereocenters. The second-order valence-electron chi connectivity index (χ2n) is 6.71. The topological polar surface area (TPSA) is 49.7 Å². The smallest absolute Gasteiger partial charge is 0.0864 e. The molecule has 1 saturated heterocycles. The van der Waals surface area contributed by atoms with Gasteiger partial charge in [-0.2, -0.15) is 0 Å². The Kier molecular flexibility index (Phi) is 10.8. The Morgan fingerprint density at radius 2 is 1.86 bits per heavy atom. The molecule has 2 N–H and O–H groups in total. The lowest BCUT2D eigenvalue weighted by molar-refractivity contribution is -0.0498. The average Bonchev–Trinajstić information content (AvgIpc) is 2.88. The number of ether oxygens (including phenoxy) is 1. The summed E-state index contributed by atoms with van der Waals surface area (Å²) in [7, 11) is 0. The Bertz CT molecular complexity index is 280. The number of allylic oxidation sites excluding steroid dienone is 1. The largest absolute Gasteiger partial charge is 0.390 e. The van der Waals surface area contributed by atoms with Gasteiger partial charge >= 0.3 is 0 Å². The highest BCUT2D eigenvalue weighted by molar-refractivity contribution is 4.85. The lowest BCUT2D eigenvalue weighted by Crippen LogP contribution is -2.26. The summed E-state index contributed by atoms with van der Waals surface area (Å²) in [6.45, 7) is 5.91. The first-order valence-corrected chi connectivity index (χ1v) is 9.31. The third kappa shape index (κ3) is 7.75. The SMILES string of the molecule is C=CCCCCCCC[C@@H](O)[C@@H]1C[C@H](O)[C@H](CCCCC)O1.